The zero-order chi connectivity index (χ0) is 14.7. The van der Waals surface area contributed by atoms with E-state index < -0.39 is 17.7 Å². The SMILES string of the molecule is COc1ccccc1C(NN)c1cc(F)c(Cl)cc1F. The van der Waals surface area contributed by atoms with Gasteiger partial charge in [-0.1, -0.05) is 29.8 Å². The summed E-state index contributed by atoms with van der Waals surface area (Å²) in [4.78, 5) is 0. The summed E-state index contributed by atoms with van der Waals surface area (Å²) in [5.41, 5.74) is 3.12. The molecule has 2 rings (SSSR count). The molecule has 3 nitrogen and oxygen atoms in total. The maximum atomic E-state index is 14.0. The van der Waals surface area contributed by atoms with Gasteiger partial charge in [0.15, 0.2) is 0 Å². The van der Waals surface area contributed by atoms with Crippen molar-refractivity contribution in [2.45, 2.75) is 6.04 Å². The van der Waals surface area contributed by atoms with Gasteiger partial charge in [-0.05, 0) is 18.2 Å². The Kier molecular flexibility index (Phi) is 4.54. The number of nitrogens with two attached hydrogens (primary N) is 1. The largest absolute Gasteiger partial charge is 0.496 e. The van der Waals surface area contributed by atoms with E-state index in [1.165, 1.54) is 7.11 Å². The average Bonchev–Trinajstić information content (AvgIpc) is 2.45. The lowest BCUT2D eigenvalue weighted by atomic mass is 9.98. The van der Waals surface area contributed by atoms with E-state index in [-0.39, 0.29) is 10.6 Å². The van der Waals surface area contributed by atoms with Gasteiger partial charge in [-0.3, -0.25) is 5.84 Å². The highest BCUT2D eigenvalue weighted by Crippen LogP contribution is 2.32. The van der Waals surface area contributed by atoms with Crippen molar-refractivity contribution in [2.75, 3.05) is 7.11 Å². The fraction of sp³-hybridized carbons (Fsp3) is 0.143. The van der Waals surface area contributed by atoms with Crippen LogP contribution in [0.25, 0.3) is 0 Å². The molecule has 106 valence electrons. The lowest BCUT2D eigenvalue weighted by Crippen LogP contribution is -2.30. The van der Waals surface area contributed by atoms with Crippen molar-refractivity contribution in [3.63, 3.8) is 0 Å². The van der Waals surface area contributed by atoms with Crippen molar-refractivity contribution in [1.29, 1.82) is 0 Å². The Morgan fingerprint density at radius 3 is 2.50 bits per heavy atom. The van der Waals surface area contributed by atoms with Crippen LogP contribution in [-0.4, -0.2) is 7.11 Å². The molecule has 0 saturated heterocycles. The lowest BCUT2D eigenvalue weighted by molar-refractivity contribution is 0.403. The summed E-state index contributed by atoms with van der Waals surface area (Å²) in [6.45, 7) is 0. The van der Waals surface area contributed by atoms with Crippen LogP contribution in [0.1, 0.15) is 17.2 Å². The Hall–Kier alpha value is -1.69. The van der Waals surface area contributed by atoms with Crippen molar-refractivity contribution < 1.29 is 13.5 Å². The summed E-state index contributed by atoms with van der Waals surface area (Å²) in [7, 11) is 1.49. The molecule has 0 bridgehead atoms. The molecule has 0 aromatic heterocycles. The van der Waals surface area contributed by atoms with Crippen LogP contribution in [0.2, 0.25) is 5.02 Å². The second-order valence-corrected chi connectivity index (χ2v) is 4.54. The van der Waals surface area contributed by atoms with Crippen LogP contribution < -0.4 is 16.0 Å². The molecule has 1 unspecified atom stereocenters. The van der Waals surface area contributed by atoms with Crippen LogP contribution in [0.4, 0.5) is 8.78 Å². The van der Waals surface area contributed by atoms with Crippen molar-refractivity contribution in [3.05, 3.63) is 64.2 Å². The zero-order valence-electron chi connectivity index (χ0n) is 10.7. The van der Waals surface area contributed by atoms with E-state index in [0.717, 1.165) is 12.1 Å². The highest BCUT2D eigenvalue weighted by atomic mass is 35.5. The van der Waals surface area contributed by atoms with Crippen LogP contribution in [-0.2, 0) is 0 Å². The number of ether oxygens (including phenoxy) is 1. The maximum Gasteiger partial charge on any atom is 0.142 e. The predicted molar refractivity (Wildman–Crippen MR) is 73.5 cm³/mol. The van der Waals surface area contributed by atoms with Gasteiger partial charge < -0.3 is 4.74 Å². The number of halogens is 3. The smallest absolute Gasteiger partial charge is 0.142 e. The van der Waals surface area contributed by atoms with E-state index in [2.05, 4.69) is 5.43 Å². The Morgan fingerprint density at radius 1 is 1.15 bits per heavy atom. The Bertz CT molecular complexity index is 622. The number of hydrogen-bond donors (Lipinski definition) is 2. The van der Waals surface area contributed by atoms with Gasteiger partial charge in [0.2, 0.25) is 0 Å². The zero-order valence-corrected chi connectivity index (χ0v) is 11.4. The van der Waals surface area contributed by atoms with Crippen LogP contribution >= 0.6 is 11.6 Å². The molecule has 0 radical (unpaired) electrons. The molecule has 0 aliphatic carbocycles. The van der Waals surface area contributed by atoms with Gasteiger partial charge >= 0.3 is 0 Å². The monoisotopic (exact) mass is 298 g/mol. The van der Waals surface area contributed by atoms with Crippen LogP contribution in [0.3, 0.4) is 0 Å². The van der Waals surface area contributed by atoms with Gasteiger partial charge in [-0.25, -0.2) is 14.2 Å². The summed E-state index contributed by atoms with van der Waals surface area (Å²) in [6, 6.07) is 8.15. The number of benzene rings is 2. The molecule has 0 aliphatic heterocycles. The molecule has 0 heterocycles. The predicted octanol–water partition coefficient (Wildman–Crippen LogP) is 3.18. The minimum Gasteiger partial charge on any atom is -0.496 e. The topological polar surface area (TPSA) is 47.3 Å². The lowest BCUT2D eigenvalue weighted by Gasteiger charge is -2.20. The van der Waals surface area contributed by atoms with E-state index in [9.17, 15) is 8.78 Å². The van der Waals surface area contributed by atoms with E-state index in [0.29, 0.717) is 11.3 Å². The van der Waals surface area contributed by atoms with Crippen molar-refractivity contribution in [3.8, 4) is 5.75 Å². The van der Waals surface area contributed by atoms with Crippen molar-refractivity contribution in [1.82, 2.24) is 5.43 Å². The molecule has 0 spiro atoms. The van der Waals surface area contributed by atoms with Gasteiger partial charge in [0, 0.05) is 11.1 Å². The minimum atomic E-state index is -0.752. The standard InChI is InChI=1S/C14H13ClF2N2O/c1-20-13-5-3-2-4-8(13)14(19-18)9-6-12(17)10(15)7-11(9)16/h2-7,14,19H,18H2,1H3. The third-order valence-electron chi connectivity index (χ3n) is 2.97. The number of hydrazine groups is 1. The number of rotatable bonds is 4. The number of methoxy groups -OCH3 is 1. The average molecular weight is 299 g/mol. The summed E-state index contributed by atoms with van der Waals surface area (Å²) in [6.07, 6.45) is 0. The molecule has 0 fully saturated rings. The Balaban J connectivity index is 2.55. The molecule has 1 atom stereocenters. The van der Waals surface area contributed by atoms with Crippen molar-refractivity contribution in [2.24, 2.45) is 5.84 Å². The highest BCUT2D eigenvalue weighted by Gasteiger charge is 2.21. The highest BCUT2D eigenvalue weighted by molar-refractivity contribution is 6.30. The first kappa shape index (κ1) is 14.7. The molecular formula is C14H13ClF2N2O. The third kappa shape index (κ3) is 2.75. The van der Waals surface area contributed by atoms with Crippen LogP contribution in [0.5, 0.6) is 5.75 Å². The maximum absolute atomic E-state index is 14.0. The van der Waals surface area contributed by atoms with E-state index in [1.807, 2.05) is 0 Å². The molecule has 0 amide bonds. The molecule has 0 aliphatic rings. The van der Waals surface area contributed by atoms with E-state index in [4.69, 9.17) is 22.2 Å². The van der Waals surface area contributed by atoms with E-state index in [1.54, 1.807) is 24.3 Å². The van der Waals surface area contributed by atoms with Crippen LogP contribution in [0, 0.1) is 11.6 Å². The first-order valence-electron chi connectivity index (χ1n) is 5.82. The normalized spacial score (nSPS) is 12.2. The van der Waals surface area contributed by atoms with Gasteiger partial charge in [0.05, 0.1) is 18.2 Å². The first-order valence-corrected chi connectivity index (χ1v) is 6.19. The molecule has 0 saturated carbocycles. The van der Waals surface area contributed by atoms with Gasteiger partial charge in [0.25, 0.3) is 0 Å². The summed E-state index contributed by atoms with van der Waals surface area (Å²) >= 11 is 5.55. The van der Waals surface area contributed by atoms with Crippen LogP contribution in [0.15, 0.2) is 36.4 Å². The quantitative estimate of drug-likeness (QED) is 0.518. The fourth-order valence-corrected chi connectivity index (χ4v) is 2.16. The molecule has 2 aromatic carbocycles. The minimum absolute atomic E-state index is 0.0545. The second kappa shape index (κ2) is 6.17. The van der Waals surface area contributed by atoms with Gasteiger partial charge in [-0.15, -0.1) is 0 Å². The van der Waals surface area contributed by atoms with Gasteiger partial charge in [0.1, 0.15) is 17.4 Å². The molecule has 3 N–H and O–H groups in total. The molecule has 20 heavy (non-hydrogen) atoms. The van der Waals surface area contributed by atoms with Crippen molar-refractivity contribution >= 4 is 11.6 Å². The Labute approximate surface area is 120 Å². The summed E-state index contributed by atoms with van der Waals surface area (Å²) < 4.78 is 32.8. The summed E-state index contributed by atoms with van der Waals surface area (Å²) in [5.74, 6) is 4.65. The number of nitrogens with one attached hydrogen (secondary N) is 1. The molecule has 6 heteroatoms. The summed E-state index contributed by atoms with van der Waals surface area (Å²) in [5, 5.41) is -0.276. The van der Waals surface area contributed by atoms with Gasteiger partial charge in [-0.2, -0.15) is 0 Å². The molecule has 2 aromatic rings. The number of hydrogen-bond acceptors (Lipinski definition) is 3. The first-order chi connectivity index (χ1) is 9.58. The third-order valence-corrected chi connectivity index (χ3v) is 3.26. The second-order valence-electron chi connectivity index (χ2n) is 4.13. The van der Waals surface area contributed by atoms with E-state index >= 15 is 0 Å². The Morgan fingerprint density at radius 2 is 1.85 bits per heavy atom. The molecular weight excluding hydrogens is 286 g/mol. The fourth-order valence-electron chi connectivity index (χ4n) is 2.01. The number of para-hydroxylation sites is 1.